The summed E-state index contributed by atoms with van der Waals surface area (Å²) in [6.45, 7) is 2.36. The van der Waals surface area contributed by atoms with Crippen LogP contribution in [0.1, 0.15) is 30.0 Å². The van der Waals surface area contributed by atoms with Crippen LogP contribution in [0, 0.1) is 5.82 Å². The van der Waals surface area contributed by atoms with Crippen molar-refractivity contribution in [2.45, 2.75) is 25.3 Å². The van der Waals surface area contributed by atoms with Crippen LogP contribution in [0.4, 0.5) is 10.2 Å². The summed E-state index contributed by atoms with van der Waals surface area (Å²) in [7, 11) is 3.41. The first-order valence-electron chi connectivity index (χ1n) is 10.2. The first-order valence-corrected chi connectivity index (χ1v) is 10.2. The maximum absolute atomic E-state index is 14.4. The first-order chi connectivity index (χ1) is 14.7. The van der Waals surface area contributed by atoms with Gasteiger partial charge in [0.15, 0.2) is 5.82 Å². The van der Waals surface area contributed by atoms with Crippen LogP contribution >= 0.6 is 0 Å². The number of piperidine rings is 1. The van der Waals surface area contributed by atoms with Crippen molar-refractivity contribution in [3.05, 3.63) is 65.9 Å². The Bertz CT molecular complexity index is 998. The van der Waals surface area contributed by atoms with E-state index in [0.29, 0.717) is 23.7 Å². The second-order valence-corrected chi connectivity index (χ2v) is 7.52. The van der Waals surface area contributed by atoms with Gasteiger partial charge in [0.2, 0.25) is 0 Å². The molecule has 3 heterocycles. The van der Waals surface area contributed by atoms with Crippen LogP contribution in [0.25, 0.3) is 11.4 Å². The Morgan fingerprint density at radius 3 is 2.73 bits per heavy atom. The average Bonchev–Trinajstić information content (AvgIpc) is 2.81. The Morgan fingerprint density at radius 1 is 1.17 bits per heavy atom. The third kappa shape index (κ3) is 4.57. The van der Waals surface area contributed by atoms with Crippen LogP contribution < -0.4 is 10.1 Å². The molecule has 1 atom stereocenters. The minimum atomic E-state index is -0.226. The highest BCUT2D eigenvalue weighted by atomic mass is 19.1. The molecule has 0 aliphatic carbocycles. The first kappa shape index (κ1) is 20.2. The van der Waals surface area contributed by atoms with Crippen molar-refractivity contribution in [1.29, 1.82) is 0 Å². The van der Waals surface area contributed by atoms with Crippen molar-refractivity contribution >= 4 is 5.82 Å². The molecule has 0 radical (unpaired) electrons. The second-order valence-electron chi connectivity index (χ2n) is 7.52. The van der Waals surface area contributed by atoms with Gasteiger partial charge < -0.3 is 10.1 Å². The van der Waals surface area contributed by atoms with Gasteiger partial charge >= 0.3 is 0 Å². The molecule has 2 aromatic heterocycles. The molecule has 4 rings (SSSR count). The molecule has 156 valence electrons. The van der Waals surface area contributed by atoms with Gasteiger partial charge in [0.1, 0.15) is 17.4 Å². The van der Waals surface area contributed by atoms with Crippen molar-refractivity contribution in [3.63, 3.8) is 0 Å². The summed E-state index contributed by atoms with van der Waals surface area (Å²) in [5.41, 5.74) is 2.64. The van der Waals surface area contributed by atoms with Crippen LogP contribution in [-0.4, -0.2) is 47.1 Å². The molecular weight excluding hydrogens is 381 g/mol. The zero-order chi connectivity index (χ0) is 20.9. The third-order valence-corrected chi connectivity index (χ3v) is 5.52. The molecule has 1 aromatic carbocycles. The van der Waals surface area contributed by atoms with Gasteiger partial charge in [0, 0.05) is 61.7 Å². The molecule has 1 saturated heterocycles. The van der Waals surface area contributed by atoms with E-state index in [1.165, 1.54) is 6.07 Å². The average molecular weight is 407 g/mol. The van der Waals surface area contributed by atoms with Crippen LogP contribution in [0.15, 0.2) is 48.8 Å². The van der Waals surface area contributed by atoms with E-state index in [-0.39, 0.29) is 11.7 Å². The monoisotopic (exact) mass is 407 g/mol. The molecule has 0 amide bonds. The van der Waals surface area contributed by atoms with Crippen LogP contribution in [-0.2, 0) is 6.54 Å². The predicted molar refractivity (Wildman–Crippen MR) is 115 cm³/mol. The van der Waals surface area contributed by atoms with Gasteiger partial charge in [-0.1, -0.05) is 6.07 Å². The van der Waals surface area contributed by atoms with E-state index in [9.17, 15) is 4.39 Å². The Hall–Kier alpha value is -3.06. The number of rotatable bonds is 6. The fourth-order valence-corrected chi connectivity index (χ4v) is 3.90. The maximum atomic E-state index is 14.4. The van der Waals surface area contributed by atoms with E-state index in [0.717, 1.165) is 43.0 Å². The standard InChI is InChI=1S/C23H26FN5O/c1-25-22-13-21(27-23(28-22)16-7-9-26-10-8-16)18-4-3-11-29(15-18)14-17-5-6-19(30-2)12-20(17)24/h5-10,12-13,18H,3-4,11,14-15H2,1-2H3,(H,25,27,28). The van der Waals surface area contributed by atoms with Crippen LogP contribution in [0.2, 0.25) is 0 Å². The number of halogens is 1. The van der Waals surface area contributed by atoms with Crippen molar-refractivity contribution in [1.82, 2.24) is 19.9 Å². The van der Waals surface area contributed by atoms with Gasteiger partial charge in [-0.25, -0.2) is 14.4 Å². The van der Waals surface area contributed by atoms with Crippen molar-refractivity contribution in [2.24, 2.45) is 0 Å². The summed E-state index contributed by atoms with van der Waals surface area (Å²) >= 11 is 0. The lowest BCUT2D eigenvalue weighted by molar-refractivity contribution is 0.196. The van der Waals surface area contributed by atoms with Gasteiger partial charge in [-0.3, -0.25) is 9.88 Å². The minimum Gasteiger partial charge on any atom is -0.497 e. The summed E-state index contributed by atoms with van der Waals surface area (Å²) in [6.07, 6.45) is 5.59. The lowest BCUT2D eigenvalue weighted by atomic mass is 9.94. The normalized spacial score (nSPS) is 17.0. The number of benzene rings is 1. The fourth-order valence-electron chi connectivity index (χ4n) is 3.90. The topological polar surface area (TPSA) is 63.2 Å². The molecule has 7 heteroatoms. The molecule has 1 unspecified atom stereocenters. The number of aromatic nitrogens is 3. The van der Waals surface area contributed by atoms with Crippen LogP contribution in [0.5, 0.6) is 5.75 Å². The molecule has 1 N–H and O–H groups in total. The maximum Gasteiger partial charge on any atom is 0.161 e. The molecule has 0 saturated carbocycles. The summed E-state index contributed by atoms with van der Waals surface area (Å²) < 4.78 is 19.5. The number of hydrogen-bond donors (Lipinski definition) is 1. The van der Waals surface area contributed by atoms with E-state index >= 15 is 0 Å². The Labute approximate surface area is 176 Å². The highest BCUT2D eigenvalue weighted by Crippen LogP contribution is 2.30. The smallest absolute Gasteiger partial charge is 0.161 e. The van der Waals surface area contributed by atoms with E-state index in [1.54, 1.807) is 19.5 Å². The Morgan fingerprint density at radius 2 is 2.00 bits per heavy atom. The van der Waals surface area contributed by atoms with E-state index < -0.39 is 0 Å². The summed E-state index contributed by atoms with van der Waals surface area (Å²) in [5, 5.41) is 3.14. The largest absolute Gasteiger partial charge is 0.497 e. The molecule has 1 aliphatic heterocycles. The SMILES string of the molecule is CNc1cc(C2CCCN(Cc3ccc(OC)cc3F)C2)nc(-c2ccncc2)n1. The number of hydrogen-bond acceptors (Lipinski definition) is 6. The molecule has 0 spiro atoms. The van der Waals surface area contributed by atoms with Gasteiger partial charge in [-0.2, -0.15) is 0 Å². The quantitative estimate of drug-likeness (QED) is 0.664. The number of likely N-dealkylation sites (tertiary alicyclic amines) is 1. The third-order valence-electron chi connectivity index (χ3n) is 5.52. The van der Waals surface area contributed by atoms with E-state index in [4.69, 9.17) is 9.72 Å². The number of nitrogens with one attached hydrogen (secondary N) is 1. The fraction of sp³-hybridized carbons (Fsp3) is 0.348. The Balaban J connectivity index is 1.54. The molecule has 6 nitrogen and oxygen atoms in total. The van der Waals surface area contributed by atoms with Gasteiger partial charge in [-0.05, 0) is 37.6 Å². The summed E-state index contributed by atoms with van der Waals surface area (Å²) in [6, 6.07) is 10.9. The second kappa shape index (κ2) is 9.17. The number of anilines is 1. The number of pyridine rings is 1. The number of nitrogens with zero attached hydrogens (tertiary/aromatic N) is 4. The van der Waals surface area contributed by atoms with Crippen molar-refractivity contribution < 1.29 is 9.13 Å². The molecular formula is C23H26FN5O. The van der Waals surface area contributed by atoms with Crippen molar-refractivity contribution in [2.75, 3.05) is 32.6 Å². The zero-order valence-corrected chi connectivity index (χ0v) is 17.3. The predicted octanol–water partition coefficient (Wildman–Crippen LogP) is 4.11. The lowest BCUT2D eigenvalue weighted by Gasteiger charge is -2.32. The highest BCUT2D eigenvalue weighted by Gasteiger charge is 2.24. The minimum absolute atomic E-state index is 0.226. The Kier molecular flexibility index (Phi) is 6.18. The lowest BCUT2D eigenvalue weighted by Crippen LogP contribution is -2.34. The summed E-state index contributed by atoms with van der Waals surface area (Å²) in [5.74, 6) is 2.08. The molecule has 3 aromatic rings. The zero-order valence-electron chi connectivity index (χ0n) is 17.3. The van der Waals surface area contributed by atoms with Crippen LogP contribution in [0.3, 0.4) is 0 Å². The molecule has 0 bridgehead atoms. The van der Waals surface area contributed by atoms with Gasteiger partial charge in [-0.15, -0.1) is 0 Å². The summed E-state index contributed by atoms with van der Waals surface area (Å²) in [4.78, 5) is 15.8. The van der Waals surface area contributed by atoms with Gasteiger partial charge in [0.05, 0.1) is 12.8 Å². The molecule has 30 heavy (non-hydrogen) atoms. The van der Waals surface area contributed by atoms with Crippen molar-refractivity contribution in [3.8, 4) is 17.1 Å². The molecule has 1 fully saturated rings. The van der Waals surface area contributed by atoms with E-state index in [1.807, 2.05) is 37.4 Å². The number of methoxy groups -OCH3 is 1. The van der Waals surface area contributed by atoms with E-state index in [2.05, 4.69) is 20.2 Å². The van der Waals surface area contributed by atoms with Gasteiger partial charge in [0.25, 0.3) is 0 Å². The molecule has 1 aliphatic rings. The number of ether oxygens (including phenoxy) is 1. The highest BCUT2D eigenvalue weighted by molar-refractivity contribution is 5.57.